The van der Waals surface area contributed by atoms with E-state index in [1.54, 1.807) is 6.07 Å². The summed E-state index contributed by atoms with van der Waals surface area (Å²) in [5, 5.41) is 3.29. The average Bonchev–Trinajstić information content (AvgIpc) is 3.22. The summed E-state index contributed by atoms with van der Waals surface area (Å²) in [5.74, 6) is 0.655. The van der Waals surface area contributed by atoms with Crippen molar-refractivity contribution in [2.24, 2.45) is 5.92 Å². The van der Waals surface area contributed by atoms with Gasteiger partial charge in [0.25, 0.3) is 0 Å². The van der Waals surface area contributed by atoms with Crippen LogP contribution < -0.4 is 14.8 Å². The Bertz CT molecular complexity index is 1470. The van der Waals surface area contributed by atoms with Gasteiger partial charge in [0.05, 0.1) is 15.1 Å². The van der Waals surface area contributed by atoms with Gasteiger partial charge < -0.3 is 14.8 Å². The van der Waals surface area contributed by atoms with Gasteiger partial charge >= 0.3 is 0 Å². The summed E-state index contributed by atoms with van der Waals surface area (Å²) in [4.78, 5) is 16.9. The maximum atomic E-state index is 13.2. The number of piperidine rings is 1. The molecule has 3 heterocycles. The third kappa shape index (κ3) is 4.73. The highest BCUT2D eigenvalue weighted by molar-refractivity contribution is 7.93. The SMILES string of the molecule is CS(=O)(=O)c1ccccc1S(=O)(=O)N1CCC(C(=O)Nc2nc3cc4c(cc3s2)OCCO4)CC1. The van der Waals surface area contributed by atoms with E-state index in [0.717, 1.165) is 11.0 Å². The summed E-state index contributed by atoms with van der Waals surface area (Å²) in [5.41, 5.74) is 0.694. The van der Waals surface area contributed by atoms with Crippen molar-refractivity contribution in [3.8, 4) is 11.5 Å². The maximum Gasteiger partial charge on any atom is 0.244 e. The molecule has 186 valence electrons. The Morgan fingerprint density at radius 2 is 1.66 bits per heavy atom. The van der Waals surface area contributed by atoms with E-state index in [9.17, 15) is 21.6 Å². The zero-order valence-electron chi connectivity index (χ0n) is 18.8. The fourth-order valence-corrected chi connectivity index (χ4v) is 8.14. The van der Waals surface area contributed by atoms with Gasteiger partial charge in [-0.2, -0.15) is 4.31 Å². The molecule has 0 spiro atoms. The van der Waals surface area contributed by atoms with Crippen LogP contribution in [0.3, 0.4) is 0 Å². The van der Waals surface area contributed by atoms with Crippen molar-refractivity contribution < 1.29 is 31.1 Å². The molecule has 0 atom stereocenters. The molecule has 1 fully saturated rings. The van der Waals surface area contributed by atoms with Crippen LogP contribution in [0.2, 0.25) is 0 Å². The lowest BCUT2D eigenvalue weighted by molar-refractivity contribution is -0.120. The van der Waals surface area contributed by atoms with Crippen LogP contribution >= 0.6 is 11.3 Å². The van der Waals surface area contributed by atoms with E-state index < -0.39 is 25.8 Å². The zero-order valence-corrected chi connectivity index (χ0v) is 21.2. The van der Waals surface area contributed by atoms with Crippen LogP contribution in [0.15, 0.2) is 46.2 Å². The number of aromatic nitrogens is 1. The standard InChI is InChI=1S/C22H23N3O7S3/c1-34(27,28)19-4-2-3-5-20(19)35(29,30)25-8-6-14(7-9-25)21(26)24-22-23-15-12-16-17(13-18(15)33-22)32-11-10-31-16/h2-5,12-14H,6-11H2,1H3,(H,23,24,26). The lowest BCUT2D eigenvalue weighted by Gasteiger charge is -2.30. The molecule has 3 aromatic rings. The molecule has 2 aromatic carbocycles. The van der Waals surface area contributed by atoms with E-state index in [0.29, 0.717) is 48.2 Å². The summed E-state index contributed by atoms with van der Waals surface area (Å²) in [7, 11) is -7.74. The summed E-state index contributed by atoms with van der Waals surface area (Å²) < 4.78 is 63.8. The second-order valence-corrected chi connectivity index (χ2v) is 13.3. The number of sulfone groups is 1. The number of amides is 1. The second kappa shape index (κ2) is 9.04. The predicted octanol–water partition coefficient (Wildman–Crippen LogP) is 2.51. The van der Waals surface area contributed by atoms with E-state index >= 15 is 0 Å². The smallest absolute Gasteiger partial charge is 0.244 e. The Balaban J connectivity index is 1.26. The Morgan fingerprint density at radius 1 is 1.03 bits per heavy atom. The third-order valence-electron chi connectivity index (χ3n) is 5.97. The molecule has 2 aliphatic heterocycles. The van der Waals surface area contributed by atoms with Crippen LogP contribution in [0, 0.1) is 5.92 Å². The Morgan fingerprint density at radius 3 is 2.31 bits per heavy atom. The summed E-state index contributed by atoms with van der Waals surface area (Å²) in [6.45, 7) is 1.18. The van der Waals surface area contributed by atoms with Gasteiger partial charge in [-0.15, -0.1) is 0 Å². The highest BCUT2D eigenvalue weighted by Crippen LogP contribution is 2.38. The Kier molecular flexibility index (Phi) is 6.20. The van der Waals surface area contributed by atoms with Gasteiger partial charge in [0, 0.05) is 37.4 Å². The predicted molar refractivity (Wildman–Crippen MR) is 130 cm³/mol. The van der Waals surface area contributed by atoms with Crippen molar-refractivity contribution in [1.82, 2.24) is 9.29 Å². The number of thiazole rings is 1. The molecule has 10 nitrogen and oxygen atoms in total. The molecule has 1 N–H and O–H groups in total. The van der Waals surface area contributed by atoms with Gasteiger partial charge in [-0.25, -0.2) is 21.8 Å². The first-order valence-electron chi connectivity index (χ1n) is 10.9. The molecular formula is C22H23N3O7S3. The molecule has 0 unspecified atom stereocenters. The second-order valence-electron chi connectivity index (χ2n) is 8.37. The average molecular weight is 538 g/mol. The number of anilines is 1. The number of ether oxygens (including phenoxy) is 2. The van der Waals surface area contributed by atoms with Gasteiger partial charge in [0.2, 0.25) is 15.9 Å². The normalized spacial score (nSPS) is 17.4. The largest absolute Gasteiger partial charge is 0.486 e. The van der Waals surface area contributed by atoms with Gasteiger partial charge in [-0.1, -0.05) is 23.5 Å². The fraction of sp³-hybridized carbons (Fsp3) is 0.364. The van der Waals surface area contributed by atoms with E-state index in [4.69, 9.17) is 9.47 Å². The summed E-state index contributed by atoms with van der Waals surface area (Å²) >= 11 is 1.33. The lowest BCUT2D eigenvalue weighted by Crippen LogP contribution is -2.41. The number of sulfonamides is 1. The van der Waals surface area contributed by atoms with Crippen LogP contribution in [0.25, 0.3) is 10.2 Å². The third-order valence-corrected chi connectivity index (χ3v) is 10.1. The molecule has 1 aromatic heterocycles. The van der Waals surface area contributed by atoms with Crippen molar-refractivity contribution in [3.63, 3.8) is 0 Å². The minimum atomic E-state index is -4.02. The number of benzene rings is 2. The molecule has 13 heteroatoms. The summed E-state index contributed by atoms with van der Waals surface area (Å²) in [6, 6.07) is 9.20. The number of nitrogens with zero attached hydrogens (tertiary/aromatic N) is 2. The van der Waals surface area contributed by atoms with Gasteiger partial charge in [0.1, 0.15) is 18.1 Å². The first-order chi connectivity index (χ1) is 16.6. The molecule has 1 saturated heterocycles. The molecule has 1 amide bonds. The minimum absolute atomic E-state index is 0.111. The van der Waals surface area contributed by atoms with E-state index in [1.165, 1.54) is 39.9 Å². The van der Waals surface area contributed by atoms with Crippen molar-refractivity contribution in [3.05, 3.63) is 36.4 Å². The van der Waals surface area contributed by atoms with Crippen molar-refractivity contribution in [2.75, 3.05) is 37.9 Å². The van der Waals surface area contributed by atoms with E-state index in [-0.39, 0.29) is 28.8 Å². The number of hydrogen-bond acceptors (Lipinski definition) is 9. The maximum absolute atomic E-state index is 13.2. The highest BCUT2D eigenvalue weighted by Gasteiger charge is 2.34. The first-order valence-corrected chi connectivity index (χ1v) is 15.1. The van der Waals surface area contributed by atoms with Crippen LogP contribution in [0.4, 0.5) is 5.13 Å². The Hall–Kier alpha value is -2.74. The number of rotatable bonds is 5. The topological polar surface area (TPSA) is 132 Å². The van der Waals surface area contributed by atoms with Crippen LogP contribution in [0.5, 0.6) is 11.5 Å². The van der Waals surface area contributed by atoms with Crippen LogP contribution in [-0.2, 0) is 24.7 Å². The van der Waals surface area contributed by atoms with Crippen molar-refractivity contribution in [2.45, 2.75) is 22.6 Å². The van der Waals surface area contributed by atoms with E-state index in [1.807, 2.05) is 6.07 Å². The van der Waals surface area contributed by atoms with Gasteiger partial charge in [-0.05, 0) is 25.0 Å². The van der Waals surface area contributed by atoms with Crippen LogP contribution in [0.1, 0.15) is 12.8 Å². The quantitative estimate of drug-likeness (QED) is 0.525. The van der Waals surface area contributed by atoms with E-state index in [2.05, 4.69) is 10.3 Å². The molecule has 0 aliphatic carbocycles. The Labute approximate surface area is 206 Å². The molecule has 0 saturated carbocycles. The fourth-order valence-electron chi connectivity index (χ4n) is 4.19. The van der Waals surface area contributed by atoms with Gasteiger partial charge in [0.15, 0.2) is 26.5 Å². The molecule has 35 heavy (non-hydrogen) atoms. The minimum Gasteiger partial charge on any atom is -0.486 e. The monoisotopic (exact) mass is 537 g/mol. The molecule has 2 aliphatic rings. The molecular weight excluding hydrogens is 514 g/mol. The summed E-state index contributed by atoms with van der Waals surface area (Å²) in [6.07, 6.45) is 1.61. The molecule has 5 rings (SSSR count). The number of nitrogens with one attached hydrogen (secondary N) is 1. The molecule has 0 bridgehead atoms. The van der Waals surface area contributed by atoms with Crippen molar-refractivity contribution >= 4 is 52.5 Å². The zero-order chi connectivity index (χ0) is 24.8. The number of hydrogen-bond donors (Lipinski definition) is 1. The highest BCUT2D eigenvalue weighted by atomic mass is 32.2. The van der Waals surface area contributed by atoms with Crippen LogP contribution in [-0.4, -0.2) is 64.6 Å². The molecule has 0 radical (unpaired) electrons. The first kappa shape index (κ1) is 24.0. The number of fused-ring (bicyclic) bond motifs is 2. The number of carbonyl (C=O) groups is 1. The van der Waals surface area contributed by atoms with Gasteiger partial charge in [-0.3, -0.25) is 4.79 Å². The number of carbonyl (C=O) groups excluding carboxylic acids is 1. The lowest BCUT2D eigenvalue weighted by atomic mass is 9.97. The van der Waals surface area contributed by atoms with Crippen molar-refractivity contribution in [1.29, 1.82) is 0 Å².